The number of hydrogen-bond donors (Lipinski definition) is 1. The molecule has 0 spiro atoms. The highest BCUT2D eigenvalue weighted by molar-refractivity contribution is 5.83. The Bertz CT molecular complexity index is 1430. The van der Waals surface area contributed by atoms with Crippen molar-refractivity contribution < 1.29 is 4.74 Å². The van der Waals surface area contributed by atoms with Crippen molar-refractivity contribution in [2.24, 2.45) is 0 Å². The van der Waals surface area contributed by atoms with Crippen molar-refractivity contribution in [1.82, 2.24) is 30.1 Å². The molecule has 2 aliphatic heterocycles. The molecule has 2 aromatic heterocycles. The minimum Gasteiger partial charge on any atom is -0.376 e. The normalized spacial score (nSPS) is 19.5. The van der Waals surface area contributed by atoms with Crippen LogP contribution in [0.1, 0.15) is 41.4 Å². The maximum absolute atomic E-state index is 13.6. The first kappa shape index (κ1) is 23.8. The summed E-state index contributed by atoms with van der Waals surface area (Å²) in [6.07, 6.45) is 2.14. The number of H-pyrrole nitrogens is 1. The molecule has 2 atom stereocenters. The Morgan fingerprint density at radius 3 is 2.65 bits per heavy atom. The minimum atomic E-state index is -0.358. The van der Waals surface area contributed by atoms with E-state index in [0.29, 0.717) is 17.9 Å². The second-order valence-corrected chi connectivity index (χ2v) is 10.2. The molecule has 1 N–H and O–H groups in total. The Hall–Kier alpha value is -3.56. The monoisotopic (exact) mass is 499 g/mol. The zero-order valence-corrected chi connectivity index (χ0v) is 21.4. The Morgan fingerprint density at radius 2 is 1.89 bits per heavy atom. The summed E-state index contributed by atoms with van der Waals surface area (Å²) in [6, 6.07) is 16.3. The summed E-state index contributed by atoms with van der Waals surface area (Å²) in [4.78, 5) is 21.5. The van der Waals surface area contributed by atoms with Crippen LogP contribution in [-0.4, -0.2) is 69.0 Å². The van der Waals surface area contributed by atoms with E-state index < -0.39 is 0 Å². The molecule has 2 fully saturated rings. The Labute approximate surface area is 216 Å². The number of aryl methyl sites for hydroxylation is 2. The second kappa shape index (κ2) is 10.1. The topological polar surface area (TPSA) is 92.2 Å². The van der Waals surface area contributed by atoms with E-state index in [0.717, 1.165) is 67.7 Å². The number of anilines is 1. The van der Waals surface area contributed by atoms with E-state index in [4.69, 9.17) is 4.74 Å². The lowest BCUT2D eigenvalue weighted by Gasteiger charge is -2.39. The third-order valence-corrected chi connectivity index (χ3v) is 7.64. The van der Waals surface area contributed by atoms with Gasteiger partial charge in [-0.2, -0.15) is 0 Å². The van der Waals surface area contributed by atoms with Gasteiger partial charge in [0.1, 0.15) is 6.04 Å². The number of rotatable bonds is 6. The average Bonchev–Trinajstić information content (AvgIpc) is 3.59. The molecule has 0 unspecified atom stereocenters. The molecule has 2 aliphatic rings. The van der Waals surface area contributed by atoms with Crippen molar-refractivity contribution in [2.45, 2.75) is 45.4 Å². The van der Waals surface area contributed by atoms with Crippen molar-refractivity contribution in [1.29, 1.82) is 0 Å². The third kappa shape index (κ3) is 4.76. The SMILES string of the molecule is Cc1cc(C)c2cc([C@H](c3nnnn3C[C@H]3CCCO3)N3CCN(c4ccccc4)CC3)c(=O)[nH]c2c1. The maximum atomic E-state index is 13.6. The number of aromatic nitrogens is 5. The molecule has 9 nitrogen and oxygen atoms in total. The number of benzene rings is 2. The molecule has 37 heavy (non-hydrogen) atoms. The van der Waals surface area contributed by atoms with Crippen molar-refractivity contribution in [3.63, 3.8) is 0 Å². The van der Waals surface area contributed by atoms with E-state index >= 15 is 0 Å². The summed E-state index contributed by atoms with van der Waals surface area (Å²) in [5, 5.41) is 13.9. The van der Waals surface area contributed by atoms with Crippen molar-refractivity contribution in [3.8, 4) is 0 Å². The molecule has 4 heterocycles. The van der Waals surface area contributed by atoms with Crippen molar-refractivity contribution in [3.05, 3.63) is 81.4 Å². The fourth-order valence-electron chi connectivity index (χ4n) is 5.79. The van der Waals surface area contributed by atoms with Crippen LogP contribution in [0, 0.1) is 13.8 Å². The van der Waals surface area contributed by atoms with E-state index in [9.17, 15) is 4.79 Å². The average molecular weight is 500 g/mol. The number of piperazine rings is 1. The lowest BCUT2D eigenvalue weighted by molar-refractivity contribution is 0.0906. The first-order valence-corrected chi connectivity index (χ1v) is 13.1. The van der Waals surface area contributed by atoms with E-state index in [-0.39, 0.29) is 17.7 Å². The summed E-state index contributed by atoms with van der Waals surface area (Å²) in [6.45, 7) is 8.80. The summed E-state index contributed by atoms with van der Waals surface area (Å²) in [5.41, 5.74) is 4.92. The van der Waals surface area contributed by atoms with Crippen LogP contribution < -0.4 is 10.5 Å². The van der Waals surface area contributed by atoms with Gasteiger partial charge in [0.2, 0.25) is 0 Å². The number of hydrogen-bond acceptors (Lipinski definition) is 7. The first-order valence-electron chi connectivity index (χ1n) is 13.1. The Kier molecular flexibility index (Phi) is 6.48. The summed E-state index contributed by atoms with van der Waals surface area (Å²) >= 11 is 0. The van der Waals surface area contributed by atoms with Gasteiger partial charge in [-0.1, -0.05) is 24.3 Å². The molecule has 4 aromatic rings. The molecule has 2 saturated heterocycles. The van der Waals surface area contributed by atoms with Gasteiger partial charge in [0.25, 0.3) is 5.56 Å². The molecule has 6 rings (SSSR count). The smallest absolute Gasteiger partial charge is 0.253 e. The fourth-order valence-corrected chi connectivity index (χ4v) is 5.79. The number of fused-ring (bicyclic) bond motifs is 1. The van der Waals surface area contributed by atoms with E-state index in [1.165, 1.54) is 5.69 Å². The molecule has 9 heteroatoms. The number of aromatic amines is 1. The van der Waals surface area contributed by atoms with Crippen LogP contribution >= 0.6 is 0 Å². The van der Waals surface area contributed by atoms with Crippen LogP contribution in [-0.2, 0) is 11.3 Å². The Balaban J connectivity index is 1.39. The molecule has 0 amide bonds. The van der Waals surface area contributed by atoms with Crippen LogP contribution in [0.25, 0.3) is 10.9 Å². The van der Waals surface area contributed by atoms with Gasteiger partial charge in [0.15, 0.2) is 5.82 Å². The van der Waals surface area contributed by atoms with Crippen LogP contribution in [0.3, 0.4) is 0 Å². The molecule has 0 radical (unpaired) electrons. The number of ether oxygens (including phenoxy) is 1. The highest BCUT2D eigenvalue weighted by Gasteiger charge is 2.33. The fraction of sp³-hybridized carbons (Fsp3) is 0.429. The summed E-state index contributed by atoms with van der Waals surface area (Å²) in [7, 11) is 0. The minimum absolute atomic E-state index is 0.0953. The second-order valence-electron chi connectivity index (χ2n) is 10.2. The van der Waals surface area contributed by atoms with Crippen LogP contribution in [0.15, 0.2) is 53.3 Å². The molecule has 192 valence electrons. The van der Waals surface area contributed by atoms with Gasteiger partial charge in [0, 0.05) is 54.9 Å². The molecule has 0 saturated carbocycles. The van der Waals surface area contributed by atoms with E-state index in [2.05, 4.69) is 67.6 Å². The predicted octanol–water partition coefficient (Wildman–Crippen LogP) is 3.22. The first-order chi connectivity index (χ1) is 18.1. The Morgan fingerprint density at radius 1 is 1.08 bits per heavy atom. The number of nitrogens with zero attached hydrogens (tertiary/aromatic N) is 6. The van der Waals surface area contributed by atoms with Crippen molar-refractivity contribution >= 4 is 16.6 Å². The standard InChI is InChI=1S/C28H33N7O2/c1-19-15-20(2)23-17-24(28(36)29-25(23)16-19)26(27-30-31-32-35(27)18-22-9-6-14-37-22)34-12-10-33(11-13-34)21-7-4-3-5-8-21/h3-5,7-8,15-17,22,26H,6,9-14,18H2,1-2H3,(H,29,36)/t22-,26-/m1/s1. The van der Waals surface area contributed by atoms with Crippen LogP contribution in [0.4, 0.5) is 5.69 Å². The van der Waals surface area contributed by atoms with E-state index in [1.807, 2.05) is 29.8 Å². The largest absolute Gasteiger partial charge is 0.376 e. The molecule has 0 bridgehead atoms. The highest BCUT2D eigenvalue weighted by atomic mass is 16.5. The van der Waals surface area contributed by atoms with Crippen LogP contribution in [0.2, 0.25) is 0 Å². The zero-order chi connectivity index (χ0) is 25.4. The lowest BCUT2D eigenvalue weighted by Crippen LogP contribution is -2.49. The molecular formula is C28H33N7O2. The summed E-state index contributed by atoms with van der Waals surface area (Å²) in [5.74, 6) is 0.693. The van der Waals surface area contributed by atoms with Gasteiger partial charge in [0.05, 0.1) is 12.6 Å². The molecule has 2 aromatic carbocycles. The molecule has 0 aliphatic carbocycles. The third-order valence-electron chi connectivity index (χ3n) is 7.64. The van der Waals surface area contributed by atoms with E-state index in [1.54, 1.807) is 0 Å². The lowest BCUT2D eigenvalue weighted by atomic mass is 9.99. The van der Waals surface area contributed by atoms with Gasteiger partial charge < -0.3 is 14.6 Å². The number of pyridine rings is 1. The van der Waals surface area contributed by atoms with Crippen molar-refractivity contribution in [2.75, 3.05) is 37.7 Å². The van der Waals surface area contributed by atoms with Gasteiger partial charge in [-0.3, -0.25) is 9.69 Å². The van der Waals surface area contributed by atoms with Gasteiger partial charge in [-0.05, 0) is 72.5 Å². The summed E-state index contributed by atoms with van der Waals surface area (Å²) < 4.78 is 7.72. The van der Waals surface area contributed by atoms with Crippen LogP contribution in [0.5, 0.6) is 0 Å². The maximum Gasteiger partial charge on any atom is 0.253 e. The number of tetrazole rings is 1. The number of nitrogens with one attached hydrogen (secondary N) is 1. The van der Waals surface area contributed by atoms with Gasteiger partial charge in [-0.15, -0.1) is 5.10 Å². The zero-order valence-electron chi connectivity index (χ0n) is 21.4. The van der Waals surface area contributed by atoms with Gasteiger partial charge >= 0.3 is 0 Å². The quantitative estimate of drug-likeness (QED) is 0.435. The number of para-hydroxylation sites is 1. The highest BCUT2D eigenvalue weighted by Crippen LogP contribution is 2.30. The molecular weight excluding hydrogens is 466 g/mol. The predicted molar refractivity (Wildman–Crippen MR) is 143 cm³/mol. The van der Waals surface area contributed by atoms with Gasteiger partial charge in [-0.25, -0.2) is 4.68 Å².